The maximum absolute atomic E-state index is 14.0. The van der Waals surface area contributed by atoms with Crippen LogP contribution in [0.1, 0.15) is 27.3 Å². The van der Waals surface area contributed by atoms with Gasteiger partial charge in [-0.2, -0.15) is 0 Å². The number of nitrogens with one attached hydrogen (secondary N) is 3. The van der Waals surface area contributed by atoms with Gasteiger partial charge in [-0.05, 0) is 55.7 Å². The van der Waals surface area contributed by atoms with Crippen LogP contribution in [-0.2, 0) is 6.42 Å². The monoisotopic (exact) mass is 367 g/mol. The number of hydrogen-bond acceptors (Lipinski definition) is 1. The van der Waals surface area contributed by atoms with Crippen molar-refractivity contribution >= 4 is 27.7 Å². The van der Waals surface area contributed by atoms with Gasteiger partial charge in [-0.15, -0.1) is 0 Å². The molecule has 0 unspecified atom stereocenters. The van der Waals surface area contributed by atoms with Crippen LogP contribution in [0.3, 0.4) is 0 Å². The van der Waals surface area contributed by atoms with Crippen molar-refractivity contribution in [3.63, 3.8) is 0 Å². The zero-order chi connectivity index (χ0) is 19.1. The number of amides is 1. The Bertz CT molecular complexity index is 1170. The van der Waals surface area contributed by atoms with E-state index in [-0.39, 0.29) is 17.5 Å². The van der Waals surface area contributed by atoms with Crippen LogP contribution in [0, 0.1) is 25.5 Å². The molecule has 4 aromatic rings. The van der Waals surface area contributed by atoms with Crippen LogP contribution in [0.2, 0.25) is 0 Å². The van der Waals surface area contributed by atoms with Crippen LogP contribution in [0.25, 0.3) is 21.8 Å². The summed E-state index contributed by atoms with van der Waals surface area (Å²) in [6.45, 7) is 4.23. The Hall–Kier alpha value is -3.15. The number of halogens is 2. The first kappa shape index (κ1) is 17.3. The summed E-state index contributed by atoms with van der Waals surface area (Å²) in [5.74, 6) is -0.949. The second-order valence-electron chi connectivity index (χ2n) is 6.73. The van der Waals surface area contributed by atoms with Crippen LogP contribution in [0.4, 0.5) is 8.78 Å². The second-order valence-corrected chi connectivity index (χ2v) is 6.73. The molecule has 2 aromatic heterocycles. The number of aromatic amines is 2. The summed E-state index contributed by atoms with van der Waals surface area (Å²) in [7, 11) is 0. The minimum absolute atomic E-state index is 0.283. The van der Waals surface area contributed by atoms with Crippen molar-refractivity contribution in [3.8, 4) is 0 Å². The fourth-order valence-corrected chi connectivity index (χ4v) is 3.59. The topological polar surface area (TPSA) is 60.7 Å². The lowest BCUT2D eigenvalue weighted by molar-refractivity contribution is 0.0950. The third-order valence-corrected chi connectivity index (χ3v) is 4.95. The van der Waals surface area contributed by atoms with Crippen LogP contribution < -0.4 is 5.32 Å². The standard InChI is InChI=1S/C21H19F2N3O/c1-11-6-7-16(23)20-19(11)13(12(2)25-20)8-9-24-21(27)18-10-14-15(22)4-3-5-17(14)26-18/h3-7,10,25-26H,8-9H2,1-2H3,(H,24,27). The molecule has 0 atom stereocenters. The van der Waals surface area contributed by atoms with E-state index in [0.717, 1.165) is 22.2 Å². The predicted molar refractivity (Wildman–Crippen MR) is 102 cm³/mol. The number of fused-ring (bicyclic) bond motifs is 2. The molecule has 3 N–H and O–H groups in total. The van der Waals surface area contributed by atoms with E-state index >= 15 is 0 Å². The molecule has 0 bridgehead atoms. The normalized spacial score (nSPS) is 11.4. The van der Waals surface area contributed by atoms with Gasteiger partial charge in [-0.3, -0.25) is 4.79 Å². The summed E-state index contributed by atoms with van der Waals surface area (Å²) in [5.41, 5.74) is 4.26. The van der Waals surface area contributed by atoms with Crippen molar-refractivity contribution in [2.45, 2.75) is 20.3 Å². The maximum atomic E-state index is 14.0. The highest BCUT2D eigenvalue weighted by atomic mass is 19.1. The summed E-state index contributed by atoms with van der Waals surface area (Å²) in [6.07, 6.45) is 0.566. The Morgan fingerprint density at radius 3 is 2.67 bits per heavy atom. The fraction of sp³-hybridized carbons (Fsp3) is 0.190. The Morgan fingerprint density at radius 2 is 1.89 bits per heavy atom. The van der Waals surface area contributed by atoms with Crippen LogP contribution in [-0.4, -0.2) is 22.4 Å². The number of hydrogen-bond donors (Lipinski definition) is 3. The zero-order valence-corrected chi connectivity index (χ0v) is 15.0. The molecule has 27 heavy (non-hydrogen) atoms. The van der Waals surface area contributed by atoms with Gasteiger partial charge in [0.25, 0.3) is 5.91 Å². The second kappa shape index (κ2) is 6.54. The third kappa shape index (κ3) is 2.97. The van der Waals surface area contributed by atoms with Gasteiger partial charge in [-0.25, -0.2) is 8.78 Å². The van der Waals surface area contributed by atoms with E-state index in [1.807, 2.05) is 13.8 Å². The van der Waals surface area contributed by atoms with Crippen molar-refractivity contribution in [3.05, 3.63) is 70.5 Å². The van der Waals surface area contributed by atoms with E-state index in [4.69, 9.17) is 0 Å². The van der Waals surface area contributed by atoms with E-state index in [0.29, 0.717) is 35.1 Å². The molecule has 0 spiro atoms. The molecule has 1 amide bonds. The SMILES string of the molecule is Cc1[nH]c2c(F)ccc(C)c2c1CCNC(=O)c1cc2c(F)cccc2[nH]1. The molecule has 0 aliphatic rings. The van der Waals surface area contributed by atoms with Gasteiger partial charge in [0.15, 0.2) is 0 Å². The largest absolute Gasteiger partial charge is 0.356 e. The average Bonchev–Trinajstić information content (AvgIpc) is 3.22. The first-order valence-corrected chi connectivity index (χ1v) is 8.77. The van der Waals surface area contributed by atoms with Gasteiger partial charge in [-0.1, -0.05) is 12.1 Å². The number of aryl methyl sites for hydroxylation is 2. The van der Waals surface area contributed by atoms with Crippen LogP contribution in [0.5, 0.6) is 0 Å². The molecule has 0 aliphatic heterocycles. The molecule has 0 saturated heterocycles. The Morgan fingerprint density at radius 1 is 1.07 bits per heavy atom. The number of H-pyrrole nitrogens is 2. The minimum atomic E-state index is -0.366. The molecule has 2 aromatic carbocycles. The van der Waals surface area contributed by atoms with Gasteiger partial charge in [0.1, 0.15) is 17.3 Å². The molecule has 6 heteroatoms. The lowest BCUT2D eigenvalue weighted by atomic mass is 10.0. The van der Waals surface area contributed by atoms with Crippen molar-refractivity contribution in [2.75, 3.05) is 6.54 Å². The Balaban J connectivity index is 1.52. The van der Waals surface area contributed by atoms with Crippen molar-refractivity contribution in [1.82, 2.24) is 15.3 Å². The Labute approximate surface area is 154 Å². The summed E-state index contributed by atoms with van der Waals surface area (Å²) >= 11 is 0. The lowest BCUT2D eigenvalue weighted by Gasteiger charge is -2.06. The summed E-state index contributed by atoms with van der Waals surface area (Å²) in [5, 5.41) is 4.10. The molecule has 0 aliphatic carbocycles. The molecule has 0 saturated carbocycles. The van der Waals surface area contributed by atoms with Gasteiger partial charge < -0.3 is 15.3 Å². The molecule has 4 nitrogen and oxygen atoms in total. The van der Waals surface area contributed by atoms with Crippen molar-refractivity contribution in [1.29, 1.82) is 0 Å². The molecular formula is C21H19F2N3O. The first-order chi connectivity index (χ1) is 13.0. The quantitative estimate of drug-likeness (QED) is 0.488. The third-order valence-electron chi connectivity index (χ3n) is 4.95. The Kier molecular flexibility index (Phi) is 4.18. The highest BCUT2D eigenvalue weighted by molar-refractivity contribution is 5.98. The van der Waals surface area contributed by atoms with E-state index in [1.54, 1.807) is 18.2 Å². The number of benzene rings is 2. The molecular weight excluding hydrogens is 348 g/mol. The highest BCUT2D eigenvalue weighted by Gasteiger charge is 2.15. The summed E-state index contributed by atoms with van der Waals surface area (Å²) < 4.78 is 27.8. The van der Waals surface area contributed by atoms with Gasteiger partial charge in [0.05, 0.1) is 5.52 Å². The molecule has 0 fully saturated rings. The highest BCUT2D eigenvalue weighted by Crippen LogP contribution is 2.27. The number of rotatable bonds is 4. The van der Waals surface area contributed by atoms with E-state index < -0.39 is 0 Å². The fourth-order valence-electron chi connectivity index (χ4n) is 3.59. The van der Waals surface area contributed by atoms with Crippen LogP contribution in [0.15, 0.2) is 36.4 Å². The number of carbonyl (C=O) groups is 1. The molecule has 2 heterocycles. The minimum Gasteiger partial charge on any atom is -0.356 e. The van der Waals surface area contributed by atoms with Gasteiger partial charge >= 0.3 is 0 Å². The number of aromatic nitrogens is 2. The van der Waals surface area contributed by atoms with E-state index in [9.17, 15) is 13.6 Å². The first-order valence-electron chi connectivity index (χ1n) is 8.77. The number of carbonyl (C=O) groups excluding carboxylic acids is 1. The van der Waals surface area contributed by atoms with Crippen molar-refractivity contribution < 1.29 is 13.6 Å². The van der Waals surface area contributed by atoms with Gasteiger partial charge in [0, 0.05) is 28.5 Å². The van der Waals surface area contributed by atoms with E-state index in [2.05, 4.69) is 15.3 Å². The molecule has 4 rings (SSSR count). The van der Waals surface area contributed by atoms with Crippen molar-refractivity contribution in [2.24, 2.45) is 0 Å². The zero-order valence-electron chi connectivity index (χ0n) is 15.0. The predicted octanol–water partition coefficient (Wildman–Crippen LogP) is 4.52. The van der Waals surface area contributed by atoms with Gasteiger partial charge in [0.2, 0.25) is 0 Å². The van der Waals surface area contributed by atoms with E-state index in [1.165, 1.54) is 18.2 Å². The smallest absolute Gasteiger partial charge is 0.267 e. The lowest BCUT2D eigenvalue weighted by Crippen LogP contribution is -2.26. The average molecular weight is 367 g/mol. The van der Waals surface area contributed by atoms with Crippen LogP contribution >= 0.6 is 0 Å². The molecule has 0 radical (unpaired) electrons. The maximum Gasteiger partial charge on any atom is 0.267 e. The summed E-state index contributed by atoms with van der Waals surface area (Å²) in [6, 6.07) is 9.40. The molecule has 138 valence electrons. The summed E-state index contributed by atoms with van der Waals surface area (Å²) in [4.78, 5) is 18.4.